The highest BCUT2D eigenvalue weighted by atomic mass is 16.5. The monoisotopic (exact) mass is 184 g/mol. The Bertz CT molecular complexity index is 181. The molecule has 13 heavy (non-hydrogen) atoms. The minimum absolute atomic E-state index is 0.139. The summed E-state index contributed by atoms with van der Waals surface area (Å²) in [7, 11) is 0. The van der Waals surface area contributed by atoms with Gasteiger partial charge < -0.3 is 9.84 Å². The fraction of sp³-hybridized carbons (Fsp3) is 1.00. The standard InChI is InChI=1S/C11H20O2/c1-2-9-8-13-10-6-4-3-5-7-11(9,10)12/h9-10,12H,2-8H2,1H3/t9-,10+,11-/m1/s1. The van der Waals surface area contributed by atoms with E-state index in [-0.39, 0.29) is 6.10 Å². The summed E-state index contributed by atoms with van der Waals surface area (Å²) in [6.07, 6.45) is 6.87. The van der Waals surface area contributed by atoms with E-state index in [0.717, 1.165) is 25.9 Å². The third-order valence-electron chi connectivity index (χ3n) is 3.80. The summed E-state index contributed by atoms with van der Waals surface area (Å²) in [4.78, 5) is 0. The predicted molar refractivity (Wildman–Crippen MR) is 51.6 cm³/mol. The van der Waals surface area contributed by atoms with Gasteiger partial charge in [-0.1, -0.05) is 26.2 Å². The minimum Gasteiger partial charge on any atom is -0.387 e. The number of rotatable bonds is 1. The van der Waals surface area contributed by atoms with Crippen LogP contribution in [0.4, 0.5) is 0 Å². The van der Waals surface area contributed by atoms with Crippen LogP contribution in [-0.2, 0) is 4.74 Å². The molecule has 0 aromatic heterocycles. The number of ether oxygens (including phenoxy) is 1. The van der Waals surface area contributed by atoms with Gasteiger partial charge in [0.2, 0.25) is 0 Å². The van der Waals surface area contributed by atoms with E-state index >= 15 is 0 Å². The van der Waals surface area contributed by atoms with Gasteiger partial charge in [-0.2, -0.15) is 0 Å². The molecule has 1 N–H and O–H groups in total. The highest BCUT2D eigenvalue weighted by Gasteiger charge is 2.49. The lowest BCUT2D eigenvalue weighted by atomic mass is 9.81. The van der Waals surface area contributed by atoms with E-state index in [2.05, 4.69) is 6.92 Å². The zero-order valence-electron chi connectivity index (χ0n) is 8.46. The normalized spacial score (nSPS) is 45.7. The molecule has 2 rings (SSSR count). The van der Waals surface area contributed by atoms with Gasteiger partial charge in [-0.15, -0.1) is 0 Å². The van der Waals surface area contributed by atoms with Crippen LogP contribution in [0.5, 0.6) is 0 Å². The van der Waals surface area contributed by atoms with Gasteiger partial charge in [0.1, 0.15) is 0 Å². The molecule has 0 unspecified atom stereocenters. The zero-order valence-corrected chi connectivity index (χ0v) is 8.46. The fourth-order valence-corrected chi connectivity index (χ4v) is 2.87. The molecule has 1 saturated carbocycles. The van der Waals surface area contributed by atoms with Gasteiger partial charge in [0.25, 0.3) is 0 Å². The van der Waals surface area contributed by atoms with Crippen molar-refractivity contribution >= 4 is 0 Å². The van der Waals surface area contributed by atoms with E-state index in [4.69, 9.17) is 4.74 Å². The Morgan fingerprint density at radius 1 is 1.38 bits per heavy atom. The van der Waals surface area contributed by atoms with Crippen LogP contribution in [0.25, 0.3) is 0 Å². The van der Waals surface area contributed by atoms with Gasteiger partial charge in [-0.25, -0.2) is 0 Å². The van der Waals surface area contributed by atoms with Crippen LogP contribution in [0.2, 0.25) is 0 Å². The number of hydrogen-bond donors (Lipinski definition) is 1. The maximum absolute atomic E-state index is 10.5. The predicted octanol–water partition coefficient (Wildman–Crippen LogP) is 2.11. The summed E-state index contributed by atoms with van der Waals surface area (Å²) in [6.45, 7) is 2.93. The van der Waals surface area contributed by atoms with Crippen molar-refractivity contribution in [1.29, 1.82) is 0 Å². The summed E-state index contributed by atoms with van der Waals surface area (Å²) >= 11 is 0. The molecule has 1 aliphatic heterocycles. The van der Waals surface area contributed by atoms with E-state index in [1.165, 1.54) is 19.3 Å². The topological polar surface area (TPSA) is 29.5 Å². The lowest BCUT2D eigenvalue weighted by molar-refractivity contribution is -0.0571. The number of fused-ring (bicyclic) bond motifs is 1. The second-order valence-corrected chi connectivity index (χ2v) is 4.52. The lowest BCUT2D eigenvalue weighted by Crippen LogP contribution is -2.42. The molecule has 0 spiro atoms. The Kier molecular flexibility index (Phi) is 2.61. The van der Waals surface area contributed by atoms with Crippen LogP contribution >= 0.6 is 0 Å². The smallest absolute Gasteiger partial charge is 0.0957 e. The second-order valence-electron chi connectivity index (χ2n) is 4.52. The molecule has 0 aromatic carbocycles. The summed E-state index contributed by atoms with van der Waals surface area (Å²) in [5.74, 6) is 0.385. The maximum Gasteiger partial charge on any atom is 0.0957 e. The van der Waals surface area contributed by atoms with Crippen molar-refractivity contribution in [3.63, 3.8) is 0 Å². The molecule has 76 valence electrons. The first kappa shape index (κ1) is 9.47. The quantitative estimate of drug-likeness (QED) is 0.676. The Morgan fingerprint density at radius 3 is 3.00 bits per heavy atom. The van der Waals surface area contributed by atoms with Crippen molar-refractivity contribution in [2.75, 3.05) is 6.61 Å². The van der Waals surface area contributed by atoms with Gasteiger partial charge in [0.05, 0.1) is 18.3 Å². The van der Waals surface area contributed by atoms with Gasteiger partial charge in [0.15, 0.2) is 0 Å². The van der Waals surface area contributed by atoms with Crippen LogP contribution in [0.3, 0.4) is 0 Å². The number of hydrogen-bond acceptors (Lipinski definition) is 2. The van der Waals surface area contributed by atoms with Crippen molar-refractivity contribution < 1.29 is 9.84 Å². The SMILES string of the molecule is CC[C@@H]1CO[C@H]2CCCCC[C@@]12O. The Balaban J connectivity index is 2.14. The van der Waals surface area contributed by atoms with Crippen LogP contribution in [0.15, 0.2) is 0 Å². The largest absolute Gasteiger partial charge is 0.387 e. The molecule has 2 fully saturated rings. The molecule has 1 heterocycles. The number of aliphatic hydroxyl groups is 1. The van der Waals surface area contributed by atoms with Crippen LogP contribution < -0.4 is 0 Å². The maximum atomic E-state index is 10.5. The van der Waals surface area contributed by atoms with E-state index < -0.39 is 5.60 Å². The van der Waals surface area contributed by atoms with E-state index in [0.29, 0.717) is 5.92 Å². The summed E-state index contributed by atoms with van der Waals surface area (Å²) in [5, 5.41) is 10.5. The molecule has 0 radical (unpaired) electrons. The minimum atomic E-state index is -0.481. The molecule has 2 heteroatoms. The summed E-state index contributed by atoms with van der Waals surface area (Å²) in [6, 6.07) is 0. The first-order valence-electron chi connectivity index (χ1n) is 5.61. The van der Waals surface area contributed by atoms with Crippen LogP contribution in [-0.4, -0.2) is 23.4 Å². The Labute approximate surface area is 80.3 Å². The first-order valence-corrected chi connectivity index (χ1v) is 5.61. The molecule has 2 aliphatic rings. The van der Waals surface area contributed by atoms with Gasteiger partial charge in [-0.3, -0.25) is 0 Å². The lowest BCUT2D eigenvalue weighted by Gasteiger charge is -2.31. The molecule has 0 bridgehead atoms. The van der Waals surface area contributed by atoms with E-state index in [1.807, 2.05) is 0 Å². The van der Waals surface area contributed by atoms with Crippen LogP contribution in [0, 0.1) is 5.92 Å². The molecule has 0 aromatic rings. The summed E-state index contributed by atoms with van der Waals surface area (Å²) < 4.78 is 5.69. The van der Waals surface area contributed by atoms with Crippen molar-refractivity contribution in [2.45, 2.75) is 57.2 Å². The molecule has 2 nitrogen and oxygen atoms in total. The van der Waals surface area contributed by atoms with Gasteiger partial charge in [-0.05, 0) is 19.3 Å². The molecule has 3 atom stereocenters. The average molecular weight is 184 g/mol. The Morgan fingerprint density at radius 2 is 2.23 bits per heavy atom. The Hall–Kier alpha value is -0.0800. The molecular weight excluding hydrogens is 164 g/mol. The fourth-order valence-electron chi connectivity index (χ4n) is 2.87. The first-order chi connectivity index (χ1) is 6.27. The zero-order chi connectivity index (χ0) is 9.31. The van der Waals surface area contributed by atoms with E-state index in [1.54, 1.807) is 0 Å². The van der Waals surface area contributed by atoms with Crippen molar-refractivity contribution in [3.8, 4) is 0 Å². The second kappa shape index (κ2) is 3.58. The van der Waals surface area contributed by atoms with Crippen LogP contribution in [0.1, 0.15) is 45.4 Å². The third kappa shape index (κ3) is 1.50. The third-order valence-corrected chi connectivity index (χ3v) is 3.80. The van der Waals surface area contributed by atoms with E-state index in [9.17, 15) is 5.11 Å². The molecular formula is C11H20O2. The molecule has 0 amide bonds. The van der Waals surface area contributed by atoms with Gasteiger partial charge in [0, 0.05) is 5.92 Å². The van der Waals surface area contributed by atoms with Crippen molar-refractivity contribution in [3.05, 3.63) is 0 Å². The molecule has 1 saturated heterocycles. The molecule has 1 aliphatic carbocycles. The van der Waals surface area contributed by atoms with Gasteiger partial charge >= 0.3 is 0 Å². The highest BCUT2D eigenvalue weighted by Crippen LogP contribution is 2.41. The van der Waals surface area contributed by atoms with Crippen molar-refractivity contribution in [1.82, 2.24) is 0 Å². The van der Waals surface area contributed by atoms with Crippen molar-refractivity contribution in [2.24, 2.45) is 5.92 Å². The average Bonchev–Trinajstić information content (AvgIpc) is 2.31. The summed E-state index contributed by atoms with van der Waals surface area (Å²) in [5.41, 5.74) is -0.481. The highest BCUT2D eigenvalue weighted by molar-refractivity contribution is 4.98.